The molecular weight excluding hydrogens is 649 g/mol. The van der Waals surface area contributed by atoms with Gasteiger partial charge in [-0.15, -0.1) is 23.1 Å². The molecular formula is C40H42N4O3S2. The maximum atomic E-state index is 14.3. The van der Waals surface area contributed by atoms with Gasteiger partial charge in [0, 0.05) is 24.3 Å². The van der Waals surface area contributed by atoms with E-state index in [-0.39, 0.29) is 24.8 Å². The summed E-state index contributed by atoms with van der Waals surface area (Å²) in [6.45, 7) is 6.32. The van der Waals surface area contributed by atoms with Gasteiger partial charge in [-0.3, -0.25) is 9.59 Å². The molecule has 0 radical (unpaired) electrons. The number of nitrogens with two attached hydrogens (primary N) is 1. The molecule has 1 saturated heterocycles. The molecule has 1 aromatic heterocycles. The van der Waals surface area contributed by atoms with Crippen molar-refractivity contribution in [2.24, 2.45) is 5.73 Å². The maximum absolute atomic E-state index is 14.3. The molecule has 1 fully saturated rings. The zero-order chi connectivity index (χ0) is 34.6. The van der Waals surface area contributed by atoms with Crippen LogP contribution < -0.4 is 11.1 Å². The van der Waals surface area contributed by atoms with Crippen LogP contribution in [0.4, 0.5) is 0 Å². The van der Waals surface area contributed by atoms with Crippen molar-refractivity contribution in [1.29, 1.82) is 0 Å². The molecule has 0 saturated carbocycles. The number of likely N-dealkylation sites (tertiary alicyclic amines) is 1. The molecule has 4 N–H and O–H groups in total. The van der Waals surface area contributed by atoms with Gasteiger partial charge < -0.3 is 21.1 Å². The third-order valence-electron chi connectivity index (χ3n) is 9.27. The number of nitrogens with one attached hydrogen (secondary N) is 1. The zero-order valence-electron chi connectivity index (χ0n) is 28.0. The summed E-state index contributed by atoms with van der Waals surface area (Å²) in [5, 5.41) is 13.7. The smallest absolute Gasteiger partial charge is 0.243 e. The quantitative estimate of drug-likeness (QED) is 0.136. The number of aliphatic hydroxyl groups is 1. The van der Waals surface area contributed by atoms with Crippen LogP contribution in [-0.2, 0) is 20.9 Å². The van der Waals surface area contributed by atoms with Crippen LogP contribution in [0.25, 0.3) is 10.4 Å². The Morgan fingerprint density at radius 3 is 1.94 bits per heavy atom. The molecule has 5 aromatic rings. The molecule has 0 spiro atoms. The highest BCUT2D eigenvalue weighted by Gasteiger charge is 2.48. The van der Waals surface area contributed by atoms with E-state index < -0.39 is 27.7 Å². The summed E-state index contributed by atoms with van der Waals surface area (Å²) in [6.07, 6.45) is -0.662. The highest BCUT2D eigenvalue weighted by molar-refractivity contribution is 8.02. The topological polar surface area (TPSA) is 109 Å². The first-order valence-electron chi connectivity index (χ1n) is 16.5. The number of rotatable bonds is 11. The predicted molar refractivity (Wildman–Crippen MR) is 199 cm³/mol. The molecule has 0 aliphatic carbocycles. The van der Waals surface area contributed by atoms with E-state index in [1.807, 2.05) is 105 Å². The van der Waals surface area contributed by atoms with E-state index >= 15 is 0 Å². The number of aliphatic hydroxyl groups excluding tert-OH is 1. The number of benzene rings is 4. The highest BCUT2D eigenvalue weighted by Crippen LogP contribution is 2.54. The lowest BCUT2D eigenvalue weighted by Gasteiger charge is -2.44. The van der Waals surface area contributed by atoms with E-state index in [0.717, 1.165) is 38.4 Å². The van der Waals surface area contributed by atoms with E-state index in [4.69, 9.17) is 5.73 Å². The van der Waals surface area contributed by atoms with E-state index in [9.17, 15) is 14.7 Å². The van der Waals surface area contributed by atoms with Crippen LogP contribution in [0.3, 0.4) is 0 Å². The van der Waals surface area contributed by atoms with Crippen LogP contribution in [0.5, 0.6) is 0 Å². The first-order valence-corrected chi connectivity index (χ1v) is 18.2. The van der Waals surface area contributed by atoms with E-state index in [0.29, 0.717) is 6.54 Å². The number of nitrogens with zero attached hydrogens (tertiary/aromatic N) is 2. The number of aryl methyl sites for hydroxylation is 1. The second kappa shape index (κ2) is 14.7. The van der Waals surface area contributed by atoms with Crippen molar-refractivity contribution in [3.63, 3.8) is 0 Å². The average Bonchev–Trinajstić information content (AvgIpc) is 3.75. The summed E-state index contributed by atoms with van der Waals surface area (Å²) >= 11 is 3.23. The predicted octanol–water partition coefficient (Wildman–Crippen LogP) is 6.53. The standard InChI is InChI=1S/C40H42N4O3S2/c1-27-35(48-26-43-27)29-21-19-28(20-22-29)24-42-37(46)34-23-33(45)25-44(34)38(47)36(41)39(2,3)49-40(30-13-7-4-8-14-30,31-15-9-5-10-16-31)32-17-11-6-12-18-32/h4-22,26,33-34,36,45H,23-25,41H2,1-3H3,(H,42,46)/t33-,34?,36-/m1/s1. The van der Waals surface area contributed by atoms with Crippen LogP contribution in [0.15, 0.2) is 121 Å². The van der Waals surface area contributed by atoms with Crippen molar-refractivity contribution in [2.75, 3.05) is 6.54 Å². The van der Waals surface area contributed by atoms with Crippen molar-refractivity contribution < 1.29 is 14.7 Å². The Hall–Kier alpha value is -4.28. The minimum absolute atomic E-state index is 0.0511. The molecule has 6 rings (SSSR count). The minimum Gasteiger partial charge on any atom is -0.391 e. The lowest BCUT2D eigenvalue weighted by molar-refractivity contribution is -0.140. The SMILES string of the molecule is Cc1ncsc1-c1ccc(CNC(=O)C2C[C@@H](O)CN2C(=O)[C@@H](N)C(C)(C)SC(c2ccccc2)(c2ccccc2)c2ccccc2)cc1. The molecule has 1 aliphatic heterocycles. The summed E-state index contributed by atoms with van der Waals surface area (Å²) in [7, 11) is 0. The van der Waals surface area contributed by atoms with Crippen molar-refractivity contribution in [1.82, 2.24) is 15.2 Å². The van der Waals surface area contributed by atoms with Gasteiger partial charge in [0.1, 0.15) is 6.04 Å². The number of carbonyl (C=O) groups is 2. The van der Waals surface area contributed by atoms with Gasteiger partial charge in [-0.1, -0.05) is 115 Å². The van der Waals surface area contributed by atoms with E-state index in [1.54, 1.807) is 23.1 Å². The lowest BCUT2D eigenvalue weighted by Crippen LogP contribution is -2.57. The molecule has 2 amide bonds. The molecule has 0 bridgehead atoms. The summed E-state index contributed by atoms with van der Waals surface area (Å²) < 4.78 is -1.51. The second-order valence-corrected chi connectivity index (χ2v) is 15.8. The summed E-state index contributed by atoms with van der Waals surface area (Å²) in [5.74, 6) is -0.668. The van der Waals surface area contributed by atoms with Crippen LogP contribution in [0.1, 0.15) is 48.2 Å². The van der Waals surface area contributed by atoms with Gasteiger partial charge in [-0.25, -0.2) is 4.98 Å². The van der Waals surface area contributed by atoms with E-state index in [1.165, 1.54) is 4.90 Å². The Bertz CT molecular complexity index is 1770. The molecule has 49 heavy (non-hydrogen) atoms. The number of aromatic nitrogens is 1. The Balaban J connectivity index is 1.23. The van der Waals surface area contributed by atoms with Gasteiger partial charge in [-0.2, -0.15) is 0 Å². The van der Waals surface area contributed by atoms with Crippen molar-refractivity contribution in [3.8, 4) is 10.4 Å². The number of thioether (sulfide) groups is 1. The monoisotopic (exact) mass is 690 g/mol. The molecule has 3 atom stereocenters. The van der Waals surface area contributed by atoms with Crippen LogP contribution >= 0.6 is 23.1 Å². The molecule has 7 nitrogen and oxygen atoms in total. The van der Waals surface area contributed by atoms with Gasteiger partial charge in [0.2, 0.25) is 11.8 Å². The fourth-order valence-corrected chi connectivity index (χ4v) is 9.19. The van der Waals surface area contributed by atoms with E-state index in [2.05, 4.69) is 46.7 Å². The largest absolute Gasteiger partial charge is 0.391 e. The minimum atomic E-state index is -0.976. The van der Waals surface area contributed by atoms with Gasteiger partial charge >= 0.3 is 0 Å². The molecule has 252 valence electrons. The Labute approximate surface area is 296 Å². The summed E-state index contributed by atoms with van der Waals surface area (Å²) in [5.41, 5.74) is 15.0. The molecule has 2 heterocycles. The summed E-state index contributed by atoms with van der Waals surface area (Å²) in [6, 6.07) is 37.0. The fraction of sp³-hybridized carbons (Fsp3) is 0.275. The molecule has 1 unspecified atom stereocenters. The first-order chi connectivity index (χ1) is 23.6. The number of amides is 2. The maximum Gasteiger partial charge on any atom is 0.243 e. The third kappa shape index (κ3) is 7.21. The van der Waals surface area contributed by atoms with Gasteiger partial charge in [0.15, 0.2) is 0 Å². The number of hydrogen-bond acceptors (Lipinski definition) is 7. The van der Waals surface area contributed by atoms with Gasteiger partial charge in [0.25, 0.3) is 0 Å². The Morgan fingerprint density at radius 1 is 0.918 bits per heavy atom. The van der Waals surface area contributed by atoms with Crippen molar-refractivity contribution >= 4 is 34.9 Å². The summed E-state index contributed by atoms with van der Waals surface area (Å²) in [4.78, 5) is 34.8. The number of carbonyl (C=O) groups excluding carboxylic acids is 2. The molecule has 1 aliphatic rings. The van der Waals surface area contributed by atoms with Crippen molar-refractivity contribution in [3.05, 3.63) is 149 Å². The second-order valence-electron chi connectivity index (χ2n) is 13.0. The Kier molecular flexibility index (Phi) is 10.4. The zero-order valence-corrected chi connectivity index (χ0v) is 29.6. The number of β-amino-alcohol motifs (C(OH)–C–C–N with tert-alkyl or cyclic N) is 1. The third-order valence-corrected chi connectivity index (χ3v) is 12.0. The van der Waals surface area contributed by atoms with Crippen LogP contribution in [0.2, 0.25) is 0 Å². The highest BCUT2D eigenvalue weighted by atomic mass is 32.2. The number of hydrogen-bond donors (Lipinski definition) is 3. The van der Waals surface area contributed by atoms with Gasteiger partial charge in [0.05, 0.1) is 33.0 Å². The number of thiazole rings is 1. The normalized spacial score (nSPS) is 17.1. The lowest BCUT2D eigenvalue weighted by atomic mass is 9.84. The van der Waals surface area contributed by atoms with Crippen molar-refractivity contribution in [2.45, 2.75) is 61.4 Å². The Morgan fingerprint density at radius 2 is 1.45 bits per heavy atom. The van der Waals surface area contributed by atoms with Crippen LogP contribution in [-0.4, -0.2) is 56.3 Å². The fourth-order valence-electron chi connectivity index (χ4n) is 6.60. The van der Waals surface area contributed by atoms with Crippen LogP contribution in [0, 0.1) is 6.92 Å². The first kappa shape index (κ1) is 34.6. The molecule has 4 aromatic carbocycles. The average molecular weight is 691 g/mol. The molecule has 9 heteroatoms. The van der Waals surface area contributed by atoms with Gasteiger partial charge in [-0.05, 0) is 48.6 Å².